The van der Waals surface area contributed by atoms with Crippen LogP contribution in [0.15, 0.2) is 140 Å². The molecular weight excluding hydrogens is 516 g/mol. The quantitative estimate of drug-likeness (QED) is 0.174. The highest BCUT2D eigenvalue weighted by molar-refractivity contribution is 5.87. The zero-order valence-corrected chi connectivity index (χ0v) is 22.6. The molecule has 0 heterocycles. The van der Waals surface area contributed by atoms with Crippen molar-refractivity contribution in [3.8, 4) is 0 Å². The van der Waals surface area contributed by atoms with Crippen molar-refractivity contribution in [1.29, 1.82) is 0 Å². The first-order chi connectivity index (χ1) is 19.8. The third kappa shape index (κ3) is 14.9. The summed E-state index contributed by atoms with van der Waals surface area (Å²) in [4.78, 5) is 31.9. The van der Waals surface area contributed by atoms with Crippen LogP contribution in [-0.4, -0.2) is 28.1 Å². The summed E-state index contributed by atoms with van der Waals surface area (Å²) in [6, 6.07) is 38.0. The van der Waals surface area contributed by atoms with Gasteiger partial charge in [-0.3, -0.25) is 0 Å². The third-order valence-electron chi connectivity index (χ3n) is 5.21. The molecule has 6 nitrogen and oxygen atoms in total. The summed E-state index contributed by atoms with van der Waals surface area (Å²) >= 11 is 0. The number of aliphatic carboxylic acids is 2. The number of carboxylic acid groups (broad SMARTS) is 2. The molecule has 0 aliphatic heterocycles. The number of benzene rings is 4. The minimum absolute atomic E-state index is 0.242. The van der Waals surface area contributed by atoms with Gasteiger partial charge >= 0.3 is 17.9 Å². The Bertz CT molecular complexity index is 1350. The lowest BCUT2D eigenvalue weighted by Crippen LogP contribution is -2.05. The summed E-state index contributed by atoms with van der Waals surface area (Å²) in [5, 5.41) is 16.6. The molecule has 4 aromatic rings. The zero-order chi connectivity index (χ0) is 29.7. The van der Waals surface area contributed by atoms with E-state index in [2.05, 4.69) is 0 Å². The predicted octanol–water partition coefficient (Wildman–Crippen LogP) is 7.57. The van der Waals surface area contributed by atoms with Crippen molar-refractivity contribution in [1.82, 2.24) is 0 Å². The molecule has 1 atom stereocenters. The van der Waals surface area contributed by atoms with E-state index >= 15 is 0 Å². The molecule has 6 heteroatoms. The van der Waals surface area contributed by atoms with Gasteiger partial charge in [0.05, 0.1) is 0 Å². The van der Waals surface area contributed by atoms with Crippen LogP contribution in [0.2, 0.25) is 0 Å². The Hall–Kier alpha value is -5.49. The van der Waals surface area contributed by atoms with Crippen LogP contribution < -0.4 is 0 Å². The first-order valence-corrected chi connectivity index (χ1v) is 12.7. The number of ether oxygens (including phenoxy) is 1. The molecule has 0 aliphatic carbocycles. The van der Waals surface area contributed by atoms with Gasteiger partial charge in [0.2, 0.25) is 0 Å². The molecule has 208 valence electrons. The Labute approximate surface area is 240 Å². The summed E-state index contributed by atoms with van der Waals surface area (Å²) in [6.45, 7) is 1.86. The third-order valence-corrected chi connectivity index (χ3v) is 5.21. The summed E-state index contributed by atoms with van der Waals surface area (Å²) in [6.07, 6.45) is 8.32. The predicted molar refractivity (Wildman–Crippen MR) is 163 cm³/mol. The molecule has 0 fully saturated rings. The number of rotatable bonds is 8. The Morgan fingerprint density at radius 3 is 1.20 bits per heavy atom. The average Bonchev–Trinajstić information content (AvgIpc) is 3.00. The monoisotopic (exact) mass is 548 g/mol. The second-order valence-corrected chi connectivity index (χ2v) is 8.40. The first kappa shape index (κ1) is 31.7. The molecule has 0 spiro atoms. The topological polar surface area (TPSA) is 101 Å². The molecule has 0 saturated heterocycles. The molecule has 0 bridgehead atoms. The minimum atomic E-state index is -0.922. The van der Waals surface area contributed by atoms with Gasteiger partial charge in [0, 0.05) is 18.2 Å². The fourth-order valence-electron chi connectivity index (χ4n) is 3.20. The van der Waals surface area contributed by atoms with Crippen molar-refractivity contribution in [2.24, 2.45) is 0 Å². The average molecular weight is 549 g/mol. The summed E-state index contributed by atoms with van der Waals surface area (Å²) in [5.41, 5.74) is 3.76. The van der Waals surface area contributed by atoms with Crippen LogP contribution in [0.4, 0.5) is 0 Å². The summed E-state index contributed by atoms with van der Waals surface area (Å²) in [7, 11) is 0. The van der Waals surface area contributed by atoms with Gasteiger partial charge in [0.25, 0.3) is 0 Å². The van der Waals surface area contributed by atoms with Crippen LogP contribution in [0.1, 0.15) is 35.3 Å². The van der Waals surface area contributed by atoms with Gasteiger partial charge in [-0.15, -0.1) is 0 Å². The number of hydrogen-bond donors (Lipinski definition) is 2. The molecular formula is C35H32O6. The number of carbonyl (C=O) groups excluding carboxylic acids is 1. The van der Waals surface area contributed by atoms with E-state index in [0.717, 1.165) is 34.4 Å². The summed E-state index contributed by atoms with van der Waals surface area (Å²) < 4.78 is 5.33. The van der Waals surface area contributed by atoms with E-state index in [-0.39, 0.29) is 12.1 Å². The standard InChI is InChI=1S/C17H16O2.2C9H8O2/c1-14(16-10-6-3-7-11-16)19-17(18)13-12-15-8-4-2-5-9-15;2*10-9(11)7-6-8-4-2-1-3-5-8/h2-14H,1H3;2*1-7H,(H,10,11). The van der Waals surface area contributed by atoms with E-state index in [4.69, 9.17) is 14.9 Å². The lowest BCUT2D eigenvalue weighted by atomic mass is 10.1. The first-order valence-electron chi connectivity index (χ1n) is 12.7. The highest BCUT2D eigenvalue weighted by Gasteiger charge is 2.08. The highest BCUT2D eigenvalue weighted by Crippen LogP contribution is 2.16. The van der Waals surface area contributed by atoms with Crippen molar-refractivity contribution in [2.45, 2.75) is 13.0 Å². The molecule has 0 aromatic heterocycles. The van der Waals surface area contributed by atoms with Crippen LogP contribution in [-0.2, 0) is 19.1 Å². The molecule has 1 unspecified atom stereocenters. The van der Waals surface area contributed by atoms with E-state index < -0.39 is 11.9 Å². The molecule has 2 N–H and O–H groups in total. The maximum atomic E-state index is 11.7. The van der Waals surface area contributed by atoms with Gasteiger partial charge in [-0.1, -0.05) is 121 Å². The maximum Gasteiger partial charge on any atom is 0.331 e. The second kappa shape index (κ2) is 18.7. The summed E-state index contributed by atoms with van der Waals surface area (Å²) in [5.74, 6) is -2.18. The van der Waals surface area contributed by atoms with Gasteiger partial charge in [-0.05, 0) is 47.4 Å². The number of esters is 1. The van der Waals surface area contributed by atoms with Gasteiger partial charge in [0.1, 0.15) is 6.10 Å². The largest absolute Gasteiger partial charge is 0.478 e. The fraction of sp³-hybridized carbons (Fsp3) is 0.0571. The Morgan fingerprint density at radius 1 is 0.537 bits per heavy atom. The fourth-order valence-corrected chi connectivity index (χ4v) is 3.20. The van der Waals surface area contributed by atoms with E-state index in [1.165, 1.54) is 6.08 Å². The Morgan fingerprint density at radius 2 is 0.854 bits per heavy atom. The molecule has 4 rings (SSSR count). The molecule has 41 heavy (non-hydrogen) atoms. The van der Waals surface area contributed by atoms with Crippen molar-refractivity contribution in [3.05, 3.63) is 162 Å². The van der Waals surface area contributed by atoms with Crippen molar-refractivity contribution in [2.75, 3.05) is 0 Å². The lowest BCUT2D eigenvalue weighted by Gasteiger charge is -2.11. The Kier molecular flexibility index (Phi) is 14.5. The van der Waals surface area contributed by atoms with Crippen molar-refractivity contribution >= 4 is 36.1 Å². The van der Waals surface area contributed by atoms with Crippen LogP contribution in [0.5, 0.6) is 0 Å². The molecule has 4 aromatic carbocycles. The van der Waals surface area contributed by atoms with Gasteiger partial charge < -0.3 is 14.9 Å². The van der Waals surface area contributed by atoms with Crippen LogP contribution >= 0.6 is 0 Å². The Balaban J connectivity index is 0.000000230. The molecule has 0 aliphatic rings. The van der Waals surface area contributed by atoms with Gasteiger partial charge in [0.15, 0.2) is 0 Å². The maximum absolute atomic E-state index is 11.7. The second-order valence-electron chi connectivity index (χ2n) is 8.40. The molecule has 0 amide bonds. The van der Waals surface area contributed by atoms with Crippen molar-refractivity contribution < 1.29 is 29.3 Å². The zero-order valence-electron chi connectivity index (χ0n) is 22.6. The van der Waals surface area contributed by atoms with Gasteiger partial charge in [-0.2, -0.15) is 0 Å². The highest BCUT2D eigenvalue weighted by atomic mass is 16.5. The van der Waals surface area contributed by atoms with Crippen LogP contribution in [0, 0.1) is 0 Å². The SMILES string of the molecule is CC(OC(=O)C=Cc1ccccc1)c1ccccc1.O=C(O)C=Cc1ccccc1.O=C(O)C=Cc1ccccc1. The van der Waals surface area contributed by atoms with Gasteiger partial charge in [-0.25, -0.2) is 14.4 Å². The molecule has 0 saturated carbocycles. The molecule has 0 radical (unpaired) electrons. The lowest BCUT2D eigenvalue weighted by molar-refractivity contribution is -0.142. The van der Waals surface area contributed by atoms with Crippen LogP contribution in [0.25, 0.3) is 18.2 Å². The smallest absolute Gasteiger partial charge is 0.331 e. The van der Waals surface area contributed by atoms with Crippen LogP contribution in [0.3, 0.4) is 0 Å². The van der Waals surface area contributed by atoms with E-state index in [0.29, 0.717) is 0 Å². The van der Waals surface area contributed by atoms with E-state index in [1.807, 2.05) is 128 Å². The van der Waals surface area contributed by atoms with Crippen molar-refractivity contribution in [3.63, 3.8) is 0 Å². The number of carbonyl (C=O) groups is 3. The number of carboxylic acids is 2. The van der Waals surface area contributed by atoms with E-state index in [9.17, 15) is 14.4 Å². The number of hydrogen-bond acceptors (Lipinski definition) is 4. The minimum Gasteiger partial charge on any atom is -0.478 e. The normalized spacial score (nSPS) is 11.1. The van der Waals surface area contributed by atoms with E-state index in [1.54, 1.807) is 18.2 Å².